The van der Waals surface area contributed by atoms with E-state index in [-0.39, 0.29) is 31.4 Å². The number of unbranched alkanes of at least 4 members (excludes halogenated alkanes) is 9. The molecule has 382 valence electrons. The molecule has 0 amide bonds. The molecule has 3 saturated heterocycles. The van der Waals surface area contributed by atoms with Crippen LogP contribution in [0, 0.1) is 23.7 Å². The van der Waals surface area contributed by atoms with Crippen LogP contribution in [0.25, 0.3) is 0 Å². The Labute approximate surface area is 392 Å². The van der Waals surface area contributed by atoms with Gasteiger partial charge in [-0.3, -0.25) is 4.79 Å². The summed E-state index contributed by atoms with van der Waals surface area (Å²) in [5.41, 5.74) is -3.59. The number of oxime groups is 1. The van der Waals surface area contributed by atoms with Crippen molar-refractivity contribution in [1.29, 1.82) is 0 Å². The lowest BCUT2D eigenvalue weighted by Gasteiger charge is -2.50. The molecule has 18 atom stereocenters. The van der Waals surface area contributed by atoms with E-state index in [0.29, 0.717) is 18.7 Å². The van der Waals surface area contributed by atoms with E-state index in [0.717, 1.165) is 19.3 Å². The van der Waals surface area contributed by atoms with Crippen molar-refractivity contribution in [1.82, 2.24) is 4.90 Å². The van der Waals surface area contributed by atoms with Crippen molar-refractivity contribution in [3.63, 3.8) is 0 Å². The molecule has 0 spiro atoms. The standard InChI is InChI=1S/C50H94N2O13/c1-16-18-19-20-21-22-23-24-25-26-27-60-51-40-31(3)29-49(10,59-15)45(65-47-41(53)37(52(12)13)28-32(4)61-47)34(6)42(64-39-30-48(9,58-14)44(55)36(8)62-39)35(7)46(56)63-38(17-2)50(11,57)43(54)33(40)5/h31-39,41-45,47,53-55,57H,16-30H2,1-15H3/b51-40+/t31-,32-,33+,34+,35-,36+,37+,38-,39+,41-,42+,43-,44+,45?,47+,48-,49-,50-/m1/s1. The van der Waals surface area contributed by atoms with Gasteiger partial charge in [0.15, 0.2) is 12.6 Å². The summed E-state index contributed by atoms with van der Waals surface area (Å²) < 4.78 is 45.1. The van der Waals surface area contributed by atoms with Gasteiger partial charge in [0.25, 0.3) is 0 Å². The minimum absolute atomic E-state index is 0.145. The Hall–Kier alpha value is -1.50. The van der Waals surface area contributed by atoms with Crippen molar-refractivity contribution in [3.8, 4) is 0 Å². The number of esters is 1. The monoisotopic (exact) mass is 931 g/mol. The van der Waals surface area contributed by atoms with Crippen molar-refractivity contribution in [2.24, 2.45) is 28.8 Å². The van der Waals surface area contributed by atoms with Gasteiger partial charge in [-0.25, -0.2) is 0 Å². The van der Waals surface area contributed by atoms with E-state index in [9.17, 15) is 25.2 Å². The number of aliphatic hydroxyl groups excluding tert-OH is 3. The first-order chi connectivity index (χ1) is 30.5. The molecule has 3 aliphatic heterocycles. The fourth-order valence-corrected chi connectivity index (χ4v) is 10.5. The van der Waals surface area contributed by atoms with Crippen molar-refractivity contribution in [2.75, 3.05) is 34.9 Å². The van der Waals surface area contributed by atoms with E-state index in [4.69, 9.17) is 43.2 Å². The molecule has 0 aromatic carbocycles. The predicted molar refractivity (Wildman–Crippen MR) is 251 cm³/mol. The average molecular weight is 931 g/mol. The van der Waals surface area contributed by atoms with E-state index in [2.05, 4.69) is 6.92 Å². The zero-order chi connectivity index (χ0) is 48.9. The summed E-state index contributed by atoms with van der Waals surface area (Å²) in [6.45, 7) is 20.7. The van der Waals surface area contributed by atoms with Crippen LogP contribution in [0.4, 0.5) is 0 Å². The van der Waals surface area contributed by atoms with Gasteiger partial charge < -0.3 is 63.3 Å². The van der Waals surface area contributed by atoms with Gasteiger partial charge in [0.2, 0.25) is 0 Å². The zero-order valence-corrected chi connectivity index (χ0v) is 43.1. The normalized spacial score (nSPS) is 42.2. The van der Waals surface area contributed by atoms with Crippen LogP contribution >= 0.6 is 0 Å². The van der Waals surface area contributed by atoms with E-state index in [1.807, 2.05) is 46.7 Å². The molecular formula is C50H94N2O13. The Bertz CT molecular complexity index is 1420. The highest BCUT2D eigenvalue weighted by Gasteiger charge is 2.54. The maximum absolute atomic E-state index is 14.5. The van der Waals surface area contributed by atoms with Crippen molar-refractivity contribution >= 4 is 11.7 Å². The molecule has 3 aliphatic rings. The highest BCUT2D eigenvalue weighted by molar-refractivity contribution is 5.88. The number of cyclic esters (lactones) is 1. The summed E-state index contributed by atoms with van der Waals surface area (Å²) in [6.07, 6.45) is 3.73. The quantitative estimate of drug-likeness (QED) is 0.0547. The van der Waals surface area contributed by atoms with E-state index < -0.39 is 102 Å². The molecular weight excluding hydrogens is 837 g/mol. The van der Waals surface area contributed by atoms with E-state index in [1.165, 1.54) is 59.0 Å². The SMILES string of the molecule is CCCCCCCCCCCCO/N=C1\[C@H](C)C[C@@](C)(OC)C(O[C@@H]2O[C@H](C)C[C@H](N(C)C)[C@H]2O)[C@@H](C)[C@H](O[C@H]2C[C@@](C)(OC)[C@@H](O)[C@H](C)O2)[C@@H](C)C(=O)O[C@H](CC)[C@@](C)(O)[C@H](O)[C@H]1C. The fraction of sp³-hybridized carbons (Fsp3) is 0.960. The first-order valence-corrected chi connectivity index (χ1v) is 25.1. The van der Waals surface area contributed by atoms with Crippen molar-refractivity contribution in [3.05, 3.63) is 0 Å². The summed E-state index contributed by atoms with van der Waals surface area (Å²) in [5.74, 6) is -3.49. The first kappa shape index (κ1) is 57.8. The van der Waals surface area contributed by atoms with Gasteiger partial charge in [0.05, 0.1) is 53.4 Å². The Morgan fingerprint density at radius 3 is 1.91 bits per heavy atom. The molecule has 4 N–H and O–H groups in total. The number of hydrogen-bond donors (Lipinski definition) is 4. The van der Waals surface area contributed by atoms with Gasteiger partial charge >= 0.3 is 5.97 Å². The molecule has 15 heteroatoms. The molecule has 15 nitrogen and oxygen atoms in total. The summed E-state index contributed by atoms with van der Waals surface area (Å²) in [5, 5.41) is 51.9. The molecule has 1 unspecified atom stereocenters. The molecule has 3 fully saturated rings. The fourth-order valence-electron chi connectivity index (χ4n) is 10.5. The number of methoxy groups -OCH3 is 2. The molecule has 3 heterocycles. The average Bonchev–Trinajstić information content (AvgIpc) is 3.26. The predicted octanol–water partition coefficient (Wildman–Crippen LogP) is 7.16. The topological polar surface area (TPSA) is 187 Å². The van der Waals surface area contributed by atoms with Crippen LogP contribution in [0.5, 0.6) is 0 Å². The summed E-state index contributed by atoms with van der Waals surface area (Å²) in [6, 6.07) is -0.269. The molecule has 0 bridgehead atoms. The third-order valence-corrected chi connectivity index (χ3v) is 15.1. The number of rotatable bonds is 20. The maximum atomic E-state index is 14.5. The largest absolute Gasteiger partial charge is 0.459 e. The second-order valence-corrected chi connectivity index (χ2v) is 20.8. The first-order valence-electron chi connectivity index (χ1n) is 25.1. The van der Waals surface area contributed by atoms with Crippen LogP contribution in [0.1, 0.15) is 166 Å². The molecule has 3 rings (SSSR count). The molecule has 0 saturated carbocycles. The van der Waals surface area contributed by atoms with Crippen LogP contribution in [0.15, 0.2) is 5.16 Å². The van der Waals surface area contributed by atoms with Gasteiger partial charge in [0.1, 0.15) is 30.5 Å². The van der Waals surface area contributed by atoms with Gasteiger partial charge in [-0.2, -0.15) is 0 Å². The number of nitrogens with zero attached hydrogens (tertiary/aromatic N) is 2. The molecule has 0 aliphatic carbocycles. The number of hydrogen-bond acceptors (Lipinski definition) is 15. The Morgan fingerprint density at radius 1 is 0.769 bits per heavy atom. The number of carbonyl (C=O) groups excluding carboxylic acids is 1. The number of ether oxygens (including phenoxy) is 7. The summed E-state index contributed by atoms with van der Waals surface area (Å²) >= 11 is 0. The van der Waals surface area contributed by atoms with E-state index >= 15 is 0 Å². The highest BCUT2D eigenvalue weighted by atomic mass is 16.7. The lowest BCUT2D eigenvalue weighted by Crippen LogP contribution is -2.61. The Morgan fingerprint density at radius 2 is 1.35 bits per heavy atom. The van der Waals surface area contributed by atoms with E-state index in [1.54, 1.807) is 41.7 Å². The summed E-state index contributed by atoms with van der Waals surface area (Å²) in [7, 11) is 6.95. The maximum Gasteiger partial charge on any atom is 0.311 e. The van der Waals surface area contributed by atoms with Gasteiger partial charge in [-0.05, 0) is 87.7 Å². The summed E-state index contributed by atoms with van der Waals surface area (Å²) in [4.78, 5) is 22.5. The van der Waals surface area contributed by atoms with Crippen LogP contribution in [-0.4, -0.2) is 156 Å². The number of likely N-dealkylation sites (N-methyl/N-ethyl adjacent to an activating group) is 1. The van der Waals surface area contributed by atoms with Gasteiger partial charge in [0, 0.05) is 44.4 Å². The molecule has 0 radical (unpaired) electrons. The third-order valence-electron chi connectivity index (χ3n) is 15.1. The van der Waals surface area contributed by atoms with Crippen LogP contribution < -0.4 is 0 Å². The second-order valence-electron chi connectivity index (χ2n) is 20.8. The van der Waals surface area contributed by atoms with Gasteiger partial charge in [-0.1, -0.05) is 91.1 Å². The van der Waals surface area contributed by atoms with Crippen molar-refractivity contribution < 1.29 is 63.2 Å². The highest BCUT2D eigenvalue weighted by Crippen LogP contribution is 2.42. The third kappa shape index (κ3) is 15.2. The lowest BCUT2D eigenvalue weighted by atomic mass is 9.73. The Balaban J connectivity index is 2.12. The van der Waals surface area contributed by atoms with Crippen molar-refractivity contribution in [2.45, 2.75) is 250 Å². The lowest BCUT2D eigenvalue weighted by molar-refractivity contribution is -0.319. The minimum atomic E-state index is -1.89. The Kier molecular flexibility index (Phi) is 23.5. The second kappa shape index (κ2) is 26.5. The molecule has 0 aromatic rings. The van der Waals surface area contributed by atoms with Crippen LogP contribution in [-0.2, 0) is 42.8 Å². The van der Waals surface area contributed by atoms with Gasteiger partial charge in [-0.15, -0.1) is 0 Å². The minimum Gasteiger partial charge on any atom is -0.459 e. The zero-order valence-electron chi connectivity index (χ0n) is 43.1. The number of aliphatic hydroxyl groups is 4. The molecule has 0 aromatic heterocycles. The number of carbonyl (C=O) groups is 1. The molecule has 65 heavy (non-hydrogen) atoms. The van der Waals surface area contributed by atoms with Crippen LogP contribution in [0.3, 0.4) is 0 Å². The van der Waals surface area contributed by atoms with Crippen LogP contribution in [0.2, 0.25) is 0 Å². The smallest absolute Gasteiger partial charge is 0.311 e.